The maximum atomic E-state index is 12.0. The number of nitrogens with one attached hydrogen (secondary N) is 1. The Labute approximate surface area is 149 Å². The summed E-state index contributed by atoms with van der Waals surface area (Å²) in [6.45, 7) is 2.14. The molecule has 1 fully saturated rings. The molecule has 1 aliphatic rings. The van der Waals surface area contributed by atoms with Gasteiger partial charge < -0.3 is 10.4 Å². The monoisotopic (exact) mass is 401 g/mol. The molecule has 1 atom stereocenters. The second-order valence-electron chi connectivity index (χ2n) is 5.90. The first-order valence-electron chi connectivity index (χ1n) is 7.95. The van der Waals surface area contributed by atoms with Crippen molar-refractivity contribution >= 4 is 39.4 Å². The van der Waals surface area contributed by atoms with Crippen molar-refractivity contribution in [3.8, 4) is 0 Å². The first-order chi connectivity index (χ1) is 11.0. The van der Waals surface area contributed by atoms with Crippen LogP contribution in [0.15, 0.2) is 16.6 Å². The molecular weight excluding hydrogens is 382 g/mol. The van der Waals surface area contributed by atoms with Crippen molar-refractivity contribution in [1.82, 2.24) is 5.32 Å². The molecule has 0 heterocycles. The maximum absolute atomic E-state index is 12.0. The largest absolute Gasteiger partial charge is 0.480 e. The summed E-state index contributed by atoms with van der Waals surface area (Å²) in [7, 11) is 0. The van der Waals surface area contributed by atoms with E-state index in [4.69, 9.17) is 11.6 Å². The highest BCUT2D eigenvalue weighted by Gasteiger charge is 2.30. The molecule has 0 aromatic heterocycles. The second-order valence-corrected chi connectivity index (χ2v) is 7.16. The van der Waals surface area contributed by atoms with Gasteiger partial charge in [-0.1, -0.05) is 46.8 Å². The number of carboxylic acids is 1. The lowest BCUT2D eigenvalue weighted by Gasteiger charge is -2.25. The number of aliphatic carboxylic acids is 1. The van der Waals surface area contributed by atoms with Gasteiger partial charge in [-0.05, 0) is 48.9 Å². The molecule has 6 heteroatoms. The van der Waals surface area contributed by atoms with Crippen molar-refractivity contribution in [2.24, 2.45) is 0 Å². The number of likely N-dealkylation sites (N-methyl/N-ethyl adjacent to an activating group) is 1. The highest BCUT2D eigenvalue weighted by Crippen LogP contribution is 2.41. The molecular formula is C17H21BrClNO3. The Balaban J connectivity index is 2.37. The van der Waals surface area contributed by atoms with Crippen LogP contribution in [0.4, 0.5) is 0 Å². The van der Waals surface area contributed by atoms with Crippen LogP contribution in [0.1, 0.15) is 62.0 Å². The molecule has 1 amide bonds. The van der Waals surface area contributed by atoms with E-state index in [0.717, 1.165) is 22.9 Å². The lowest BCUT2D eigenvalue weighted by Crippen LogP contribution is -2.33. The molecule has 1 aromatic rings. The van der Waals surface area contributed by atoms with Gasteiger partial charge in [-0.3, -0.25) is 9.59 Å². The van der Waals surface area contributed by atoms with Crippen LogP contribution in [-0.4, -0.2) is 23.5 Å². The fourth-order valence-corrected chi connectivity index (χ4v) is 4.53. The fraction of sp³-hybridized carbons (Fsp3) is 0.529. The lowest BCUT2D eigenvalue weighted by molar-refractivity contribution is -0.143. The van der Waals surface area contributed by atoms with Gasteiger partial charge in [-0.15, -0.1) is 0 Å². The average molecular weight is 403 g/mol. The van der Waals surface area contributed by atoms with E-state index >= 15 is 0 Å². The predicted octanol–water partition coefficient (Wildman–Crippen LogP) is 4.45. The molecule has 1 aromatic carbocycles. The van der Waals surface area contributed by atoms with Crippen molar-refractivity contribution in [3.63, 3.8) is 0 Å². The van der Waals surface area contributed by atoms with Gasteiger partial charge in [0, 0.05) is 16.0 Å². The summed E-state index contributed by atoms with van der Waals surface area (Å²) in [5, 5.41) is 12.5. The summed E-state index contributed by atoms with van der Waals surface area (Å²) in [6, 6.07) is 3.36. The molecule has 1 aliphatic carbocycles. The number of amides is 1. The minimum absolute atomic E-state index is 0.387. The first kappa shape index (κ1) is 18.3. The third-order valence-corrected chi connectivity index (χ3v) is 5.28. The van der Waals surface area contributed by atoms with Crippen molar-refractivity contribution in [2.75, 3.05) is 6.54 Å². The molecule has 0 radical (unpaired) electrons. The van der Waals surface area contributed by atoms with E-state index in [1.165, 1.54) is 19.3 Å². The number of hydrogen-bond acceptors (Lipinski definition) is 2. The zero-order valence-corrected chi connectivity index (χ0v) is 15.4. The van der Waals surface area contributed by atoms with E-state index in [1.807, 2.05) is 0 Å². The van der Waals surface area contributed by atoms with Crippen LogP contribution < -0.4 is 5.32 Å². The lowest BCUT2D eigenvalue weighted by atomic mass is 9.83. The summed E-state index contributed by atoms with van der Waals surface area (Å²) in [4.78, 5) is 23.6. The minimum atomic E-state index is -1.25. The van der Waals surface area contributed by atoms with E-state index in [2.05, 4.69) is 21.2 Å². The van der Waals surface area contributed by atoms with Gasteiger partial charge in [0.2, 0.25) is 5.91 Å². The number of carbonyl (C=O) groups excluding carboxylic acids is 1. The Morgan fingerprint density at radius 1 is 1.35 bits per heavy atom. The van der Waals surface area contributed by atoms with Crippen molar-refractivity contribution in [2.45, 2.75) is 50.9 Å². The third-order valence-electron chi connectivity index (χ3n) is 4.31. The van der Waals surface area contributed by atoms with Gasteiger partial charge in [0.05, 0.1) is 0 Å². The molecule has 126 valence electrons. The van der Waals surface area contributed by atoms with Gasteiger partial charge >= 0.3 is 5.97 Å². The van der Waals surface area contributed by atoms with Crippen LogP contribution in [0.2, 0.25) is 5.02 Å². The minimum Gasteiger partial charge on any atom is -0.480 e. The number of hydrogen-bond donors (Lipinski definition) is 2. The summed E-state index contributed by atoms with van der Waals surface area (Å²) in [5.41, 5.74) is 1.44. The van der Waals surface area contributed by atoms with Gasteiger partial charge in [-0.25, -0.2) is 0 Å². The van der Waals surface area contributed by atoms with Crippen LogP contribution in [0.25, 0.3) is 0 Å². The van der Waals surface area contributed by atoms with Crippen LogP contribution in [0, 0.1) is 0 Å². The smallest absolute Gasteiger partial charge is 0.320 e. The van der Waals surface area contributed by atoms with Crippen molar-refractivity contribution in [1.29, 1.82) is 0 Å². The number of carboxylic acid groups (broad SMARTS) is 1. The van der Waals surface area contributed by atoms with Crippen molar-refractivity contribution in [3.05, 3.63) is 32.8 Å². The highest BCUT2D eigenvalue weighted by molar-refractivity contribution is 9.10. The topological polar surface area (TPSA) is 66.4 Å². The van der Waals surface area contributed by atoms with Crippen LogP contribution in [-0.2, 0) is 9.59 Å². The molecule has 23 heavy (non-hydrogen) atoms. The van der Waals surface area contributed by atoms with E-state index < -0.39 is 17.8 Å². The zero-order chi connectivity index (χ0) is 17.0. The van der Waals surface area contributed by atoms with E-state index in [-0.39, 0.29) is 0 Å². The fourth-order valence-electron chi connectivity index (χ4n) is 3.23. The molecule has 2 N–H and O–H groups in total. The number of rotatable bonds is 5. The Hall–Kier alpha value is -1.07. The Bertz CT molecular complexity index is 576. The third kappa shape index (κ3) is 4.27. The molecule has 4 nitrogen and oxygen atoms in total. The predicted molar refractivity (Wildman–Crippen MR) is 94.0 cm³/mol. The highest BCUT2D eigenvalue weighted by atomic mass is 79.9. The summed E-state index contributed by atoms with van der Waals surface area (Å²) in [5.74, 6) is -2.55. The molecule has 1 unspecified atom stereocenters. The standard InChI is InChI=1S/C17H21BrClNO3/c1-2-20-16(21)15(17(22)23)11-8-12(18)14(13(19)9-11)10-6-4-3-5-7-10/h8-10,15H,2-7H2,1H3,(H,20,21)(H,22,23). The van der Waals surface area contributed by atoms with Gasteiger partial charge in [0.15, 0.2) is 5.92 Å². The van der Waals surface area contributed by atoms with Crippen LogP contribution in [0.5, 0.6) is 0 Å². The molecule has 0 bridgehead atoms. The van der Waals surface area contributed by atoms with Crippen molar-refractivity contribution < 1.29 is 14.7 Å². The van der Waals surface area contributed by atoms with Gasteiger partial charge in [0.25, 0.3) is 0 Å². The number of halogens is 2. The molecule has 2 rings (SSSR count). The Morgan fingerprint density at radius 2 is 2.00 bits per heavy atom. The van der Waals surface area contributed by atoms with Gasteiger partial charge in [-0.2, -0.15) is 0 Å². The molecule has 0 saturated heterocycles. The molecule has 0 aliphatic heterocycles. The summed E-state index contributed by atoms with van der Waals surface area (Å²) in [6.07, 6.45) is 5.81. The summed E-state index contributed by atoms with van der Waals surface area (Å²) < 4.78 is 0.794. The number of carbonyl (C=O) groups is 2. The quantitative estimate of drug-likeness (QED) is 0.715. The first-order valence-corrected chi connectivity index (χ1v) is 9.12. The van der Waals surface area contributed by atoms with E-state index in [1.54, 1.807) is 19.1 Å². The average Bonchev–Trinajstić information content (AvgIpc) is 2.47. The summed E-state index contributed by atoms with van der Waals surface area (Å²) >= 11 is 9.97. The normalized spacial score (nSPS) is 16.8. The van der Waals surface area contributed by atoms with Crippen LogP contribution >= 0.6 is 27.5 Å². The Kier molecular flexibility index (Phi) is 6.48. The van der Waals surface area contributed by atoms with Gasteiger partial charge in [0.1, 0.15) is 0 Å². The molecule has 1 saturated carbocycles. The zero-order valence-electron chi connectivity index (χ0n) is 13.1. The number of benzene rings is 1. The maximum Gasteiger partial charge on any atom is 0.320 e. The molecule has 0 spiro atoms. The van der Waals surface area contributed by atoms with Crippen LogP contribution in [0.3, 0.4) is 0 Å². The van der Waals surface area contributed by atoms with E-state index in [9.17, 15) is 14.7 Å². The Morgan fingerprint density at radius 3 is 2.52 bits per heavy atom. The second kappa shape index (κ2) is 8.15. The SMILES string of the molecule is CCNC(=O)C(C(=O)O)c1cc(Cl)c(C2CCCCC2)c(Br)c1. The van der Waals surface area contributed by atoms with E-state index in [0.29, 0.717) is 23.0 Å².